The molecule has 2 aromatic rings. The van der Waals surface area contributed by atoms with Gasteiger partial charge in [-0.3, -0.25) is 4.79 Å². The largest absolute Gasteiger partial charge is 0.374 e. The zero-order valence-corrected chi connectivity index (χ0v) is 16.3. The van der Waals surface area contributed by atoms with Crippen LogP contribution >= 0.6 is 0 Å². The molecule has 0 saturated heterocycles. The minimum Gasteiger partial charge on any atom is -0.374 e. The van der Waals surface area contributed by atoms with Gasteiger partial charge in [-0.25, -0.2) is 12.7 Å². The number of nitrogens with one attached hydrogen (secondary N) is 2. The van der Waals surface area contributed by atoms with Gasteiger partial charge in [0.1, 0.15) is 6.04 Å². The van der Waals surface area contributed by atoms with E-state index in [4.69, 9.17) is 0 Å². The van der Waals surface area contributed by atoms with E-state index in [1.165, 1.54) is 26.2 Å². The smallest absolute Gasteiger partial charge is 0.246 e. The second-order valence-corrected chi connectivity index (χ2v) is 8.33. The molecule has 0 aromatic heterocycles. The Morgan fingerprint density at radius 3 is 2.46 bits per heavy atom. The van der Waals surface area contributed by atoms with Gasteiger partial charge >= 0.3 is 0 Å². The van der Waals surface area contributed by atoms with E-state index in [9.17, 15) is 13.2 Å². The first kappa shape index (κ1) is 19.9. The summed E-state index contributed by atoms with van der Waals surface area (Å²) in [6.45, 7) is 3.82. The fourth-order valence-electron chi connectivity index (χ4n) is 2.46. The van der Waals surface area contributed by atoms with Gasteiger partial charge in [-0.05, 0) is 43.2 Å². The lowest BCUT2D eigenvalue weighted by molar-refractivity contribution is -0.116. The lowest BCUT2D eigenvalue weighted by Crippen LogP contribution is -2.32. The molecule has 26 heavy (non-hydrogen) atoms. The molecule has 140 valence electrons. The van der Waals surface area contributed by atoms with Crippen LogP contribution in [-0.4, -0.2) is 38.8 Å². The number of benzene rings is 2. The summed E-state index contributed by atoms with van der Waals surface area (Å²) in [7, 11) is -0.607. The normalized spacial score (nSPS) is 12.7. The number of amides is 1. The summed E-state index contributed by atoms with van der Waals surface area (Å²) in [5, 5.41) is 5.97. The van der Waals surface area contributed by atoms with Gasteiger partial charge in [-0.2, -0.15) is 0 Å². The van der Waals surface area contributed by atoms with E-state index in [0.717, 1.165) is 22.0 Å². The molecule has 0 unspecified atom stereocenters. The first-order valence-electron chi connectivity index (χ1n) is 8.43. The quantitative estimate of drug-likeness (QED) is 0.780. The highest BCUT2D eigenvalue weighted by Crippen LogP contribution is 2.19. The van der Waals surface area contributed by atoms with Gasteiger partial charge in [0.25, 0.3) is 0 Å². The maximum Gasteiger partial charge on any atom is 0.246 e. The van der Waals surface area contributed by atoms with Crippen LogP contribution in [0.1, 0.15) is 19.4 Å². The van der Waals surface area contributed by atoms with E-state index in [2.05, 4.69) is 17.6 Å². The number of carbonyl (C=O) groups excluding carboxylic acids is 1. The van der Waals surface area contributed by atoms with Crippen molar-refractivity contribution in [3.05, 3.63) is 54.1 Å². The predicted molar refractivity (Wildman–Crippen MR) is 105 cm³/mol. The lowest BCUT2D eigenvalue weighted by Gasteiger charge is -2.18. The van der Waals surface area contributed by atoms with Crippen molar-refractivity contribution in [2.45, 2.75) is 31.2 Å². The van der Waals surface area contributed by atoms with Gasteiger partial charge < -0.3 is 10.6 Å². The summed E-state index contributed by atoms with van der Waals surface area (Å²) in [5.41, 5.74) is 2.49. The Labute approximate surface area is 155 Å². The molecule has 0 radical (unpaired) electrons. The summed E-state index contributed by atoms with van der Waals surface area (Å²) < 4.78 is 25.6. The number of anilines is 2. The highest BCUT2D eigenvalue weighted by Gasteiger charge is 2.19. The van der Waals surface area contributed by atoms with Gasteiger partial charge in [-0.1, -0.05) is 31.2 Å². The van der Waals surface area contributed by atoms with E-state index in [0.29, 0.717) is 5.69 Å². The van der Waals surface area contributed by atoms with Crippen LogP contribution in [0.5, 0.6) is 0 Å². The van der Waals surface area contributed by atoms with E-state index in [1.807, 2.05) is 24.3 Å². The third-order valence-electron chi connectivity index (χ3n) is 4.04. The van der Waals surface area contributed by atoms with E-state index >= 15 is 0 Å². The first-order chi connectivity index (χ1) is 12.3. The van der Waals surface area contributed by atoms with Crippen LogP contribution in [0, 0.1) is 0 Å². The molecule has 0 aliphatic rings. The van der Waals surface area contributed by atoms with Crippen molar-refractivity contribution in [3.63, 3.8) is 0 Å². The molecule has 0 spiro atoms. The van der Waals surface area contributed by atoms with Crippen molar-refractivity contribution in [1.82, 2.24) is 4.31 Å². The van der Waals surface area contributed by atoms with E-state index in [-0.39, 0.29) is 10.8 Å². The molecule has 2 aromatic carbocycles. The molecule has 0 aliphatic heterocycles. The molecule has 0 bridgehead atoms. The predicted octanol–water partition coefficient (Wildman–Crippen LogP) is 2.94. The number of carbonyl (C=O) groups is 1. The molecule has 1 atom stereocenters. The minimum atomic E-state index is -3.55. The Morgan fingerprint density at radius 1 is 1.12 bits per heavy atom. The number of rotatable bonds is 7. The minimum absolute atomic E-state index is 0.136. The van der Waals surface area contributed by atoms with E-state index < -0.39 is 16.1 Å². The molecule has 0 fully saturated rings. The second kappa shape index (κ2) is 8.33. The topological polar surface area (TPSA) is 78.5 Å². The zero-order valence-electron chi connectivity index (χ0n) is 15.5. The molecule has 0 heterocycles. The fraction of sp³-hybridized carbons (Fsp3) is 0.316. The maximum absolute atomic E-state index is 12.5. The first-order valence-corrected chi connectivity index (χ1v) is 9.87. The van der Waals surface area contributed by atoms with Gasteiger partial charge in [0.2, 0.25) is 15.9 Å². The standard InChI is InChI=1S/C19H25N3O3S/c1-5-15-9-6-7-12-18(15)20-14(2)19(23)21-16-10-8-11-17(13-16)26(24,25)22(3)4/h6-14,20H,5H2,1-4H3,(H,21,23)/t14-/m0/s1. The maximum atomic E-state index is 12.5. The Balaban J connectivity index is 2.12. The highest BCUT2D eigenvalue weighted by molar-refractivity contribution is 7.89. The van der Waals surface area contributed by atoms with Crippen LogP contribution in [0.2, 0.25) is 0 Å². The van der Waals surface area contributed by atoms with Crippen molar-refractivity contribution in [2.24, 2.45) is 0 Å². The van der Waals surface area contributed by atoms with Crippen molar-refractivity contribution in [1.29, 1.82) is 0 Å². The molecule has 2 rings (SSSR count). The molecule has 0 saturated carbocycles. The van der Waals surface area contributed by atoms with Crippen LogP contribution < -0.4 is 10.6 Å². The Bertz CT molecular complexity index is 879. The number of sulfonamides is 1. The molecular formula is C19H25N3O3S. The van der Waals surface area contributed by atoms with Crippen LogP contribution in [0.3, 0.4) is 0 Å². The van der Waals surface area contributed by atoms with Crippen molar-refractivity contribution < 1.29 is 13.2 Å². The summed E-state index contributed by atoms with van der Waals surface area (Å²) in [6, 6.07) is 13.6. The molecule has 0 aliphatic carbocycles. The SMILES string of the molecule is CCc1ccccc1N[C@@H](C)C(=O)Nc1cccc(S(=O)(=O)N(C)C)c1. The molecular weight excluding hydrogens is 350 g/mol. The summed E-state index contributed by atoms with van der Waals surface area (Å²) in [4.78, 5) is 12.6. The molecule has 1 amide bonds. The average molecular weight is 375 g/mol. The summed E-state index contributed by atoms with van der Waals surface area (Å²) >= 11 is 0. The van der Waals surface area contributed by atoms with Crippen LogP contribution in [0.25, 0.3) is 0 Å². The highest BCUT2D eigenvalue weighted by atomic mass is 32.2. The average Bonchev–Trinajstić information content (AvgIpc) is 2.62. The number of hydrogen-bond acceptors (Lipinski definition) is 4. The number of aryl methyl sites for hydroxylation is 1. The van der Waals surface area contributed by atoms with Gasteiger partial charge in [0.15, 0.2) is 0 Å². The van der Waals surface area contributed by atoms with Gasteiger partial charge in [0.05, 0.1) is 4.90 Å². The summed E-state index contributed by atoms with van der Waals surface area (Å²) in [5.74, 6) is -0.240. The number of hydrogen-bond donors (Lipinski definition) is 2. The van der Waals surface area contributed by atoms with Crippen molar-refractivity contribution >= 4 is 27.3 Å². The zero-order chi connectivity index (χ0) is 19.3. The molecule has 7 heteroatoms. The van der Waals surface area contributed by atoms with Gasteiger partial charge in [-0.15, -0.1) is 0 Å². The van der Waals surface area contributed by atoms with Crippen molar-refractivity contribution in [2.75, 3.05) is 24.7 Å². The summed E-state index contributed by atoms with van der Waals surface area (Å²) in [6.07, 6.45) is 0.863. The van der Waals surface area contributed by atoms with Crippen LogP contribution in [0.4, 0.5) is 11.4 Å². The Hall–Kier alpha value is -2.38. The Kier molecular flexibility index (Phi) is 6.39. The number of para-hydroxylation sites is 1. The third-order valence-corrected chi connectivity index (χ3v) is 5.85. The third kappa shape index (κ3) is 4.62. The lowest BCUT2D eigenvalue weighted by atomic mass is 10.1. The number of nitrogens with zero attached hydrogens (tertiary/aromatic N) is 1. The fourth-order valence-corrected chi connectivity index (χ4v) is 3.41. The van der Waals surface area contributed by atoms with Crippen LogP contribution in [-0.2, 0) is 21.2 Å². The van der Waals surface area contributed by atoms with Crippen LogP contribution in [0.15, 0.2) is 53.4 Å². The molecule has 2 N–H and O–H groups in total. The Morgan fingerprint density at radius 2 is 1.81 bits per heavy atom. The van der Waals surface area contributed by atoms with E-state index in [1.54, 1.807) is 19.1 Å². The van der Waals surface area contributed by atoms with Crippen molar-refractivity contribution in [3.8, 4) is 0 Å². The van der Waals surface area contributed by atoms with Gasteiger partial charge in [0, 0.05) is 25.5 Å². The second-order valence-electron chi connectivity index (χ2n) is 6.18. The molecule has 6 nitrogen and oxygen atoms in total. The monoisotopic (exact) mass is 375 g/mol.